The Morgan fingerprint density at radius 2 is 1.96 bits per heavy atom. The molecule has 0 aliphatic carbocycles. The zero-order chi connectivity index (χ0) is 20.3. The predicted molar refractivity (Wildman–Crippen MR) is 111 cm³/mol. The molecule has 28 heavy (non-hydrogen) atoms. The number of carbonyl (C=O) groups excluding carboxylic acids is 2. The van der Waals surface area contributed by atoms with Crippen LogP contribution >= 0.6 is 23.2 Å². The van der Waals surface area contributed by atoms with Gasteiger partial charge in [-0.3, -0.25) is 9.59 Å². The first kappa shape index (κ1) is 20.7. The van der Waals surface area contributed by atoms with Crippen molar-refractivity contribution in [1.29, 1.82) is 0 Å². The largest absolute Gasteiger partial charge is 0.350 e. The van der Waals surface area contributed by atoms with Crippen molar-refractivity contribution in [3.8, 4) is 0 Å². The monoisotopic (exact) mass is 423 g/mol. The van der Waals surface area contributed by atoms with E-state index in [1.165, 1.54) is 15.5 Å². The number of likely N-dealkylation sites (tertiary alicyclic amines) is 1. The Bertz CT molecular complexity index is 847. The van der Waals surface area contributed by atoms with Crippen molar-refractivity contribution in [3.63, 3.8) is 0 Å². The van der Waals surface area contributed by atoms with Crippen LogP contribution in [0.15, 0.2) is 36.5 Å². The first-order chi connectivity index (χ1) is 13.4. The number of benzene rings is 1. The van der Waals surface area contributed by atoms with Crippen LogP contribution in [0.25, 0.3) is 0 Å². The van der Waals surface area contributed by atoms with Crippen molar-refractivity contribution in [2.75, 3.05) is 32.0 Å². The molecule has 1 fully saturated rings. The van der Waals surface area contributed by atoms with E-state index < -0.39 is 0 Å². The number of carbonyl (C=O) groups is 2. The number of hydrogen-bond donors (Lipinski definition) is 2. The number of aryl methyl sites for hydroxylation is 1. The summed E-state index contributed by atoms with van der Waals surface area (Å²) in [4.78, 5) is 27.7. The molecule has 0 bridgehead atoms. The van der Waals surface area contributed by atoms with Gasteiger partial charge in [0.25, 0.3) is 5.91 Å². The molecule has 2 N–H and O–H groups in total. The van der Waals surface area contributed by atoms with Crippen molar-refractivity contribution in [2.45, 2.75) is 18.9 Å². The minimum Gasteiger partial charge on any atom is -0.350 e. The number of rotatable bonds is 6. The molecule has 0 saturated carbocycles. The number of nitrogens with zero attached hydrogens (tertiary/aromatic N) is 2. The van der Waals surface area contributed by atoms with Gasteiger partial charge in [0.2, 0.25) is 5.91 Å². The molecule has 1 aromatic heterocycles. The number of anilines is 1. The summed E-state index contributed by atoms with van der Waals surface area (Å²) >= 11 is 12.2. The zero-order valence-electron chi connectivity index (χ0n) is 16.0. The van der Waals surface area contributed by atoms with E-state index in [-0.39, 0.29) is 18.4 Å². The van der Waals surface area contributed by atoms with Crippen LogP contribution < -0.4 is 10.2 Å². The van der Waals surface area contributed by atoms with Gasteiger partial charge in [-0.1, -0.05) is 29.3 Å². The lowest BCUT2D eigenvalue weighted by Crippen LogP contribution is -3.11. The Morgan fingerprint density at radius 3 is 2.61 bits per heavy atom. The molecule has 1 aliphatic heterocycles. The van der Waals surface area contributed by atoms with Gasteiger partial charge in [-0.15, -0.1) is 0 Å². The third-order valence-electron chi connectivity index (χ3n) is 5.24. The summed E-state index contributed by atoms with van der Waals surface area (Å²) in [5.74, 6) is -0.391. The molecule has 2 atom stereocenters. The third kappa shape index (κ3) is 4.69. The second-order valence-electron chi connectivity index (χ2n) is 7.22. The molecule has 6 nitrogen and oxygen atoms in total. The number of quaternary nitrogens is 1. The first-order valence-corrected chi connectivity index (χ1v) is 10.1. The molecule has 0 radical (unpaired) electrons. The van der Waals surface area contributed by atoms with E-state index in [1.54, 1.807) is 25.2 Å². The molecule has 2 amide bonds. The molecule has 1 aliphatic rings. The highest BCUT2D eigenvalue weighted by Crippen LogP contribution is 2.29. The summed E-state index contributed by atoms with van der Waals surface area (Å²) < 4.78 is 2.12. The van der Waals surface area contributed by atoms with Gasteiger partial charge in [0.15, 0.2) is 6.54 Å². The minimum absolute atomic E-state index is 0.0531. The standard InChI is InChI=1S/C20H24Cl2N4O2/c1-24-10-4-8-16(24)17-9-5-11-26(17)13-19(28)25(2)12-18(27)23-20-14(21)6-3-7-15(20)22/h3-4,6-8,10,17H,5,9,11-13H2,1-2H3,(H,23,27)/p+1/t17-/m1/s1. The van der Waals surface area contributed by atoms with E-state index in [1.807, 2.05) is 19.3 Å². The van der Waals surface area contributed by atoms with Gasteiger partial charge >= 0.3 is 0 Å². The molecule has 0 spiro atoms. The lowest BCUT2D eigenvalue weighted by Gasteiger charge is -2.24. The second-order valence-corrected chi connectivity index (χ2v) is 8.03. The lowest BCUT2D eigenvalue weighted by atomic mass is 10.1. The van der Waals surface area contributed by atoms with Crippen molar-refractivity contribution in [1.82, 2.24) is 9.47 Å². The normalized spacial score (nSPS) is 18.9. The fraction of sp³-hybridized carbons (Fsp3) is 0.400. The Labute approximate surface area is 175 Å². The molecule has 8 heteroatoms. The highest BCUT2D eigenvalue weighted by atomic mass is 35.5. The number of para-hydroxylation sites is 1. The molecule has 1 aromatic carbocycles. The number of halogens is 2. The van der Waals surface area contributed by atoms with E-state index in [0.717, 1.165) is 19.4 Å². The maximum atomic E-state index is 12.7. The quantitative estimate of drug-likeness (QED) is 0.747. The molecule has 3 rings (SSSR count). The van der Waals surface area contributed by atoms with Crippen molar-refractivity contribution >= 4 is 40.7 Å². The SMILES string of the molecule is CN(CC(=O)Nc1c(Cl)cccc1Cl)C(=O)C[NH+]1CCC[C@@H]1c1cccn1C. The minimum atomic E-state index is -0.332. The first-order valence-electron chi connectivity index (χ1n) is 9.30. The van der Waals surface area contributed by atoms with Crippen LogP contribution in [0.1, 0.15) is 24.6 Å². The average molecular weight is 424 g/mol. The van der Waals surface area contributed by atoms with E-state index >= 15 is 0 Å². The van der Waals surface area contributed by atoms with Gasteiger partial charge in [0.1, 0.15) is 6.04 Å². The summed E-state index contributed by atoms with van der Waals surface area (Å²) in [7, 11) is 3.67. The third-order valence-corrected chi connectivity index (χ3v) is 5.87. The van der Waals surface area contributed by atoms with Gasteiger partial charge < -0.3 is 19.7 Å². The highest BCUT2D eigenvalue weighted by molar-refractivity contribution is 6.39. The maximum absolute atomic E-state index is 12.7. The van der Waals surface area contributed by atoms with Crippen molar-refractivity contribution in [3.05, 3.63) is 52.3 Å². The number of nitrogens with one attached hydrogen (secondary N) is 2. The van der Waals surface area contributed by atoms with Crippen LogP contribution in [0.3, 0.4) is 0 Å². The summed E-state index contributed by atoms with van der Waals surface area (Å²) in [5, 5.41) is 3.42. The van der Waals surface area contributed by atoms with Crippen LogP contribution in [0.2, 0.25) is 10.0 Å². The van der Waals surface area contributed by atoms with Crippen LogP contribution in [-0.2, 0) is 16.6 Å². The molecule has 2 heterocycles. The molecule has 150 valence electrons. The fourth-order valence-corrected chi connectivity index (χ4v) is 4.24. The van der Waals surface area contributed by atoms with Crippen molar-refractivity contribution in [2.24, 2.45) is 7.05 Å². The lowest BCUT2D eigenvalue weighted by molar-refractivity contribution is -0.911. The van der Waals surface area contributed by atoms with E-state index in [4.69, 9.17) is 23.2 Å². The van der Waals surface area contributed by atoms with Crippen LogP contribution in [0.5, 0.6) is 0 Å². The van der Waals surface area contributed by atoms with Crippen LogP contribution in [-0.4, -0.2) is 48.0 Å². The van der Waals surface area contributed by atoms with Gasteiger partial charge in [-0.2, -0.15) is 0 Å². The Hall–Kier alpha value is -2.02. The highest BCUT2D eigenvalue weighted by Gasteiger charge is 2.33. The van der Waals surface area contributed by atoms with E-state index in [9.17, 15) is 9.59 Å². The Kier molecular flexibility index (Phi) is 6.65. The Morgan fingerprint density at radius 1 is 1.25 bits per heavy atom. The van der Waals surface area contributed by atoms with Gasteiger partial charge in [-0.05, 0) is 24.3 Å². The predicted octanol–water partition coefficient (Wildman–Crippen LogP) is 2.15. The topological polar surface area (TPSA) is 58.8 Å². The van der Waals surface area contributed by atoms with Gasteiger partial charge in [0, 0.05) is 33.1 Å². The summed E-state index contributed by atoms with van der Waals surface area (Å²) in [5.41, 5.74) is 1.61. The zero-order valence-corrected chi connectivity index (χ0v) is 17.6. The van der Waals surface area contributed by atoms with E-state index in [0.29, 0.717) is 28.3 Å². The summed E-state index contributed by atoms with van der Waals surface area (Å²) in [6, 6.07) is 9.47. The maximum Gasteiger partial charge on any atom is 0.277 e. The molecule has 1 saturated heterocycles. The van der Waals surface area contributed by atoms with E-state index in [2.05, 4.69) is 16.0 Å². The number of hydrogen-bond acceptors (Lipinski definition) is 2. The van der Waals surface area contributed by atoms with Crippen LogP contribution in [0.4, 0.5) is 5.69 Å². The van der Waals surface area contributed by atoms with Crippen molar-refractivity contribution < 1.29 is 14.5 Å². The summed E-state index contributed by atoms with van der Waals surface area (Å²) in [6.07, 6.45) is 4.19. The van der Waals surface area contributed by atoms with Gasteiger partial charge in [-0.25, -0.2) is 0 Å². The smallest absolute Gasteiger partial charge is 0.277 e. The van der Waals surface area contributed by atoms with Crippen LogP contribution in [0, 0.1) is 0 Å². The Balaban J connectivity index is 1.57. The fourth-order valence-electron chi connectivity index (χ4n) is 3.75. The molecule has 1 unspecified atom stereocenters. The average Bonchev–Trinajstić information content (AvgIpc) is 3.26. The molecular formula is C20H25Cl2N4O2+. The number of aromatic nitrogens is 1. The second kappa shape index (κ2) is 8.99. The number of likely N-dealkylation sites (N-methyl/N-ethyl adjacent to an activating group) is 1. The molecular weight excluding hydrogens is 399 g/mol. The molecule has 2 aromatic rings. The summed E-state index contributed by atoms with van der Waals surface area (Å²) in [6.45, 7) is 1.27. The number of amides is 2. The van der Waals surface area contributed by atoms with Gasteiger partial charge in [0.05, 0.1) is 34.5 Å².